The van der Waals surface area contributed by atoms with Gasteiger partial charge in [-0.15, -0.1) is 11.3 Å². The first-order valence-electron chi connectivity index (χ1n) is 18.5. The second-order valence-electron chi connectivity index (χ2n) is 14.4. The van der Waals surface area contributed by atoms with Crippen LogP contribution in [0.1, 0.15) is 0 Å². The maximum absolute atomic E-state index is 6.27. The number of hydrogen-bond donors (Lipinski definition) is 0. The van der Waals surface area contributed by atoms with Gasteiger partial charge in [-0.2, -0.15) is 0 Å². The number of rotatable bonds is 3. The van der Waals surface area contributed by atoms with Gasteiger partial charge in [0.05, 0.1) is 0 Å². The molecular weight excluding hydrogens is 673 g/mol. The Balaban J connectivity index is 1.02. The molecule has 0 saturated heterocycles. The van der Waals surface area contributed by atoms with E-state index in [1.807, 2.05) is 17.4 Å². The van der Waals surface area contributed by atoms with Crippen molar-refractivity contribution in [3.63, 3.8) is 0 Å². The SMILES string of the molecule is c1cc(-c2ccc3cc4c(cc3c2)sc2cc3c(cc24)oc2ccccc23)cc(-c2c3ccccc3c(-c3cccc4ccccc34)c3ccccc23)c1. The van der Waals surface area contributed by atoms with E-state index in [4.69, 9.17) is 4.42 Å². The molecule has 0 aliphatic heterocycles. The molecule has 10 aromatic carbocycles. The smallest absolute Gasteiger partial charge is 0.136 e. The zero-order chi connectivity index (χ0) is 35.3. The molecule has 2 heteroatoms. The Kier molecular flexibility index (Phi) is 6.28. The molecular formula is C52H30OS. The van der Waals surface area contributed by atoms with E-state index in [0.717, 1.165) is 11.2 Å². The minimum atomic E-state index is 0.941. The second kappa shape index (κ2) is 11.4. The fourth-order valence-electron chi connectivity index (χ4n) is 8.94. The van der Waals surface area contributed by atoms with Gasteiger partial charge in [-0.05, 0) is 119 Å². The van der Waals surface area contributed by atoms with Gasteiger partial charge in [0.2, 0.25) is 0 Å². The molecule has 0 atom stereocenters. The van der Waals surface area contributed by atoms with Crippen LogP contribution in [0.15, 0.2) is 186 Å². The van der Waals surface area contributed by atoms with E-state index in [0.29, 0.717) is 0 Å². The van der Waals surface area contributed by atoms with E-state index < -0.39 is 0 Å². The molecule has 250 valence electrons. The van der Waals surface area contributed by atoms with Crippen molar-refractivity contribution >= 4 is 96.5 Å². The predicted molar refractivity (Wildman–Crippen MR) is 233 cm³/mol. The number of para-hydroxylation sites is 1. The molecule has 2 aromatic heterocycles. The predicted octanol–water partition coefficient (Wildman–Crippen LogP) is 15.6. The molecule has 0 aliphatic carbocycles. The summed E-state index contributed by atoms with van der Waals surface area (Å²) >= 11 is 1.87. The van der Waals surface area contributed by atoms with Crippen molar-refractivity contribution in [3.05, 3.63) is 182 Å². The lowest BCUT2D eigenvalue weighted by Crippen LogP contribution is -1.92. The number of thiophene rings is 1. The van der Waals surface area contributed by atoms with E-state index in [1.165, 1.54) is 107 Å². The molecule has 0 radical (unpaired) electrons. The van der Waals surface area contributed by atoms with Crippen molar-refractivity contribution < 1.29 is 4.42 Å². The van der Waals surface area contributed by atoms with Crippen LogP contribution in [0.4, 0.5) is 0 Å². The highest BCUT2D eigenvalue weighted by Crippen LogP contribution is 2.46. The lowest BCUT2D eigenvalue weighted by Gasteiger charge is -2.19. The van der Waals surface area contributed by atoms with Gasteiger partial charge < -0.3 is 4.42 Å². The minimum Gasteiger partial charge on any atom is -0.456 e. The highest BCUT2D eigenvalue weighted by Gasteiger charge is 2.19. The summed E-state index contributed by atoms with van der Waals surface area (Å²) in [6.07, 6.45) is 0. The monoisotopic (exact) mass is 702 g/mol. The molecule has 12 rings (SSSR count). The molecule has 12 aromatic rings. The fraction of sp³-hybridized carbons (Fsp3) is 0. The van der Waals surface area contributed by atoms with Gasteiger partial charge >= 0.3 is 0 Å². The number of benzene rings is 10. The largest absolute Gasteiger partial charge is 0.456 e. The summed E-state index contributed by atoms with van der Waals surface area (Å²) in [4.78, 5) is 0. The first-order chi connectivity index (χ1) is 26.7. The van der Waals surface area contributed by atoms with Crippen molar-refractivity contribution in [2.45, 2.75) is 0 Å². The quantitative estimate of drug-likeness (QED) is 0.167. The van der Waals surface area contributed by atoms with E-state index in [1.54, 1.807) is 0 Å². The zero-order valence-corrected chi connectivity index (χ0v) is 30.0. The third-order valence-corrected chi connectivity index (χ3v) is 12.5. The van der Waals surface area contributed by atoms with Crippen LogP contribution in [0.5, 0.6) is 0 Å². The Labute approximate surface area is 314 Å². The van der Waals surface area contributed by atoms with Gasteiger partial charge in [0.15, 0.2) is 0 Å². The van der Waals surface area contributed by atoms with Crippen molar-refractivity contribution in [1.29, 1.82) is 0 Å². The molecule has 0 N–H and O–H groups in total. The number of furan rings is 1. The van der Waals surface area contributed by atoms with Crippen LogP contribution in [-0.4, -0.2) is 0 Å². The molecule has 0 fully saturated rings. The zero-order valence-electron chi connectivity index (χ0n) is 29.1. The van der Waals surface area contributed by atoms with Crippen LogP contribution in [0.3, 0.4) is 0 Å². The van der Waals surface area contributed by atoms with Gasteiger partial charge in [-0.3, -0.25) is 0 Å². The Morgan fingerprint density at radius 2 is 0.907 bits per heavy atom. The first kappa shape index (κ1) is 29.8. The van der Waals surface area contributed by atoms with Gasteiger partial charge in [0.25, 0.3) is 0 Å². The van der Waals surface area contributed by atoms with Crippen LogP contribution in [0, 0.1) is 0 Å². The van der Waals surface area contributed by atoms with Crippen molar-refractivity contribution in [3.8, 4) is 33.4 Å². The molecule has 0 saturated carbocycles. The van der Waals surface area contributed by atoms with E-state index in [-0.39, 0.29) is 0 Å². The average Bonchev–Trinajstić information content (AvgIpc) is 3.77. The minimum absolute atomic E-state index is 0.941. The summed E-state index contributed by atoms with van der Waals surface area (Å²) in [5.74, 6) is 0. The molecule has 0 bridgehead atoms. The number of fused-ring (bicyclic) bond motifs is 10. The average molecular weight is 703 g/mol. The highest BCUT2D eigenvalue weighted by molar-refractivity contribution is 7.26. The molecule has 0 aliphatic rings. The number of hydrogen-bond acceptors (Lipinski definition) is 2. The maximum atomic E-state index is 6.27. The Bertz CT molecular complexity index is 3450. The molecule has 0 spiro atoms. The Morgan fingerprint density at radius 3 is 1.72 bits per heavy atom. The normalized spacial score (nSPS) is 12.1. The van der Waals surface area contributed by atoms with Crippen molar-refractivity contribution in [2.24, 2.45) is 0 Å². The standard InChI is InChI=1S/C52H30OS/c1-2-15-37-31(11-1)12-10-21-39(37)52-42-19-5-3-17-40(42)51(41-18-4-6-20-43(41)52)35-14-9-13-32(25-35)33-23-24-34-27-45-46-29-48-44(38-16-7-8-22-47(38)53-48)30-50(46)54-49(45)28-36(34)26-33/h1-30H. The van der Waals surface area contributed by atoms with Crippen LogP contribution < -0.4 is 0 Å². The summed E-state index contributed by atoms with van der Waals surface area (Å²) in [6, 6.07) is 66.9. The Morgan fingerprint density at radius 1 is 0.296 bits per heavy atom. The summed E-state index contributed by atoms with van der Waals surface area (Å²) in [6.45, 7) is 0. The molecule has 54 heavy (non-hydrogen) atoms. The van der Waals surface area contributed by atoms with Gasteiger partial charge in [-0.25, -0.2) is 0 Å². The van der Waals surface area contributed by atoms with Crippen molar-refractivity contribution in [1.82, 2.24) is 0 Å². The molecule has 0 amide bonds. The van der Waals surface area contributed by atoms with Crippen LogP contribution in [0.25, 0.3) is 119 Å². The van der Waals surface area contributed by atoms with E-state index in [2.05, 4.69) is 176 Å². The highest BCUT2D eigenvalue weighted by atomic mass is 32.1. The topological polar surface area (TPSA) is 13.1 Å². The van der Waals surface area contributed by atoms with Crippen molar-refractivity contribution in [2.75, 3.05) is 0 Å². The summed E-state index contributed by atoms with van der Waals surface area (Å²) in [5, 5.41) is 15.0. The lowest BCUT2D eigenvalue weighted by molar-refractivity contribution is 0.669. The lowest BCUT2D eigenvalue weighted by atomic mass is 9.84. The van der Waals surface area contributed by atoms with E-state index in [9.17, 15) is 0 Å². The first-order valence-corrected chi connectivity index (χ1v) is 19.3. The van der Waals surface area contributed by atoms with E-state index >= 15 is 0 Å². The van der Waals surface area contributed by atoms with Gasteiger partial charge in [-0.1, -0.05) is 140 Å². The van der Waals surface area contributed by atoms with Crippen LogP contribution in [-0.2, 0) is 0 Å². The van der Waals surface area contributed by atoms with Crippen LogP contribution in [0.2, 0.25) is 0 Å². The summed E-state index contributed by atoms with van der Waals surface area (Å²) < 4.78 is 8.85. The third kappa shape index (κ3) is 4.38. The third-order valence-electron chi connectivity index (χ3n) is 11.4. The molecule has 1 nitrogen and oxygen atoms in total. The second-order valence-corrected chi connectivity index (χ2v) is 15.5. The van der Waals surface area contributed by atoms with Gasteiger partial charge in [0.1, 0.15) is 11.2 Å². The van der Waals surface area contributed by atoms with Gasteiger partial charge in [0, 0.05) is 30.9 Å². The molecule has 0 unspecified atom stereocenters. The maximum Gasteiger partial charge on any atom is 0.136 e. The molecule has 2 heterocycles. The fourth-order valence-corrected chi connectivity index (χ4v) is 10.1. The summed E-state index contributed by atoms with van der Waals surface area (Å²) in [7, 11) is 0. The Hall–Kier alpha value is -6.74. The summed E-state index contributed by atoms with van der Waals surface area (Å²) in [5.41, 5.74) is 9.38. The van der Waals surface area contributed by atoms with Crippen LogP contribution >= 0.6 is 11.3 Å².